The maximum absolute atomic E-state index is 12.6. The van der Waals surface area contributed by atoms with Gasteiger partial charge in [0.25, 0.3) is 0 Å². The van der Waals surface area contributed by atoms with E-state index in [9.17, 15) is 18.0 Å². The standard InChI is InChI=1S/C10H8F3IO2/c1-5(15)6-3-7(10(11,12)13)8(14)4-9(6)16-2/h3-4H,1-2H3. The summed E-state index contributed by atoms with van der Waals surface area (Å²) in [5.41, 5.74) is -0.880. The molecule has 0 aromatic heterocycles. The van der Waals surface area contributed by atoms with Gasteiger partial charge in [-0.1, -0.05) is 0 Å². The molecule has 0 unspecified atom stereocenters. The van der Waals surface area contributed by atoms with Crippen LogP contribution in [0.25, 0.3) is 0 Å². The Bertz CT molecular complexity index is 427. The van der Waals surface area contributed by atoms with E-state index in [4.69, 9.17) is 4.74 Å². The van der Waals surface area contributed by atoms with E-state index in [1.54, 1.807) is 22.6 Å². The second-order valence-electron chi connectivity index (χ2n) is 3.09. The minimum Gasteiger partial charge on any atom is -0.496 e. The average molecular weight is 344 g/mol. The highest BCUT2D eigenvalue weighted by molar-refractivity contribution is 14.1. The number of halogens is 4. The van der Waals surface area contributed by atoms with E-state index < -0.39 is 17.5 Å². The van der Waals surface area contributed by atoms with E-state index in [0.29, 0.717) is 0 Å². The largest absolute Gasteiger partial charge is 0.496 e. The van der Waals surface area contributed by atoms with Crippen LogP contribution >= 0.6 is 22.6 Å². The van der Waals surface area contributed by atoms with Gasteiger partial charge in [0.15, 0.2) is 5.78 Å². The molecule has 0 aliphatic rings. The normalized spacial score (nSPS) is 11.4. The third-order valence-electron chi connectivity index (χ3n) is 1.97. The van der Waals surface area contributed by atoms with Gasteiger partial charge in [-0.25, -0.2) is 0 Å². The SMILES string of the molecule is COc1cc(I)c(C(F)(F)F)cc1C(C)=O. The van der Waals surface area contributed by atoms with E-state index in [2.05, 4.69) is 0 Å². The predicted octanol–water partition coefficient (Wildman–Crippen LogP) is 3.52. The molecule has 0 atom stereocenters. The number of ketones is 1. The van der Waals surface area contributed by atoms with Crippen molar-refractivity contribution in [3.63, 3.8) is 0 Å². The number of hydrogen-bond donors (Lipinski definition) is 0. The van der Waals surface area contributed by atoms with Crippen molar-refractivity contribution in [2.24, 2.45) is 0 Å². The number of benzene rings is 1. The fourth-order valence-electron chi connectivity index (χ4n) is 1.22. The molecule has 1 aromatic rings. The highest BCUT2D eigenvalue weighted by Gasteiger charge is 2.34. The van der Waals surface area contributed by atoms with Gasteiger partial charge in [0.1, 0.15) is 5.75 Å². The molecule has 16 heavy (non-hydrogen) atoms. The lowest BCUT2D eigenvalue weighted by atomic mass is 10.1. The lowest BCUT2D eigenvalue weighted by Gasteiger charge is -2.13. The summed E-state index contributed by atoms with van der Waals surface area (Å²) >= 11 is 1.56. The molecule has 0 saturated carbocycles. The van der Waals surface area contributed by atoms with Crippen molar-refractivity contribution in [3.8, 4) is 5.75 Å². The molecule has 6 heteroatoms. The summed E-state index contributed by atoms with van der Waals surface area (Å²) in [7, 11) is 1.31. The van der Waals surface area contributed by atoms with E-state index in [-0.39, 0.29) is 14.9 Å². The zero-order valence-corrected chi connectivity index (χ0v) is 10.6. The lowest BCUT2D eigenvalue weighted by molar-refractivity contribution is -0.138. The number of alkyl halides is 3. The van der Waals surface area contributed by atoms with Crippen LogP contribution in [0.3, 0.4) is 0 Å². The van der Waals surface area contributed by atoms with Gasteiger partial charge in [-0.05, 0) is 41.6 Å². The Kier molecular flexibility index (Phi) is 3.82. The Balaban J connectivity index is 3.45. The lowest BCUT2D eigenvalue weighted by Crippen LogP contribution is -2.10. The van der Waals surface area contributed by atoms with Crippen molar-refractivity contribution >= 4 is 28.4 Å². The molecule has 0 aliphatic heterocycles. The molecule has 0 aliphatic carbocycles. The molecular weight excluding hydrogens is 336 g/mol. The topological polar surface area (TPSA) is 26.3 Å². The van der Waals surface area contributed by atoms with Gasteiger partial charge in [-0.2, -0.15) is 13.2 Å². The van der Waals surface area contributed by atoms with Gasteiger partial charge in [0.2, 0.25) is 0 Å². The smallest absolute Gasteiger partial charge is 0.417 e. The molecule has 0 amide bonds. The zero-order chi connectivity index (χ0) is 12.5. The summed E-state index contributed by atoms with van der Waals surface area (Å²) in [5, 5.41) is 0. The zero-order valence-electron chi connectivity index (χ0n) is 8.48. The molecule has 1 aromatic carbocycles. The Morgan fingerprint density at radius 1 is 1.38 bits per heavy atom. The van der Waals surface area contributed by atoms with Gasteiger partial charge in [0.05, 0.1) is 18.2 Å². The summed E-state index contributed by atoms with van der Waals surface area (Å²) in [6, 6.07) is 2.03. The maximum atomic E-state index is 12.6. The number of carbonyl (C=O) groups is 1. The van der Waals surface area contributed by atoms with Crippen LogP contribution in [0.2, 0.25) is 0 Å². The van der Waals surface area contributed by atoms with Gasteiger partial charge in [0, 0.05) is 3.57 Å². The van der Waals surface area contributed by atoms with Crippen molar-refractivity contribution in [2.45, 2.75) is 13.1 Å². The van der Waals surface area contributed by atoms with Crippen LogP contribution in [0.5, 0.6) is 5.75 Å². The van der Waals surface area contributed by atoms with Crippen molar-refractivity contribution < 1.29 is 22.7 Å². The highest BCUT2D eigenvalue weighted by Crippen LogP contribution is 2.36. The van der Waals surface area contributed by atoms with Crippen molar-refractivity contribution in [1.29, 1.82) is 0 Å². The number of Topliss-reactive ketones (excluding diaryl/α,β-unsaturated/α-hetero) is 1. The first-order valence-corrected chi connectivity index (χ1v) is 5.31. The molecule has 88 valence electrons. The van der Waals surface area contributed by atoms with Gasteiger partial charge >= 0.3 is 6.18 Å². The minimum atomic E-state index is -4.47. The summed E-state index contributed by atoms with van der Waals surface area (Å²) in [6.45, 7) is 1.20. The number of carbonyl (C=O) groups excluding carboxylic acids is 1. The molecule has 0 heterocycles. The Morgan fingerprint density at radius 3 is 2.31 bits per heavy atom. The number of hydrogen-bond acceptors (Lipinski definition) is 2. The number of methoxy groups -OCH3 is 1. The molecule has 0 N–H and O–H groups in total. The Morgan fingerprint density at radius 2 is 1.94 bits per heavy atom. The molecule has 0 spiro atoms. The first kappa shape index (κ1) is 13.3. The Labute approximate surface area is 104 Å². The van der Waals surface area contributed by atoms with Crippen LogP contribution in [0.4, 0.5) is 13.2 Å². The molecule has 1 rings (SSSR count). The number of rotatable bonds is 2. The van der Waals surface area contributed by atoms with Gasteiger partial charge in [-0.3, -0.25) is 4.79 Å². The first-order chi connectivity index (χ1) is 7.27. The molecule has 0 radical (unpaired) electrons. The summed E-state index contributed by atoms with van der Waals surface area (Å²) in [6.07, 6.45) is -4.47. The van der Waals surface area contributed by atoms with E-state index >= 15 is 0 Å². The monoisotopic (exact) mass is 344 g/mol. The van der Waals surface area contributed by atoms with E-state index in [1.807, 2.05) is 0 Å². The predicted molar refractivity (Wildman–Crippen MR) is 60.7 cm³/mol. The maximum Gasteiger partial charge on any atom is 0.417 e. The minimum absolute atomic E-state index is 0.00644. The number of ether oxygens (including phenoxy) is 1. The third kappa shape index (κ3) is 2.66. The fourth-order valence-corrected chi connectivity index (χ4v) is 1.96. The second kappa shape index (κ2) is 4.60. The van der Waals surface area contributed by atoms with Gasteiger partial charge in [-0.15, -0.1) is 0 Å². The molecule has 0 fully saturated rings. The quantitative estimate of drug-likeness (QED) is 0.606. The summed E-state index contributed by atoms with van der Waals surface area (Å²) in [5.74, 6) is -0.302. The average Bonchev–Trinajstić information content (AvgIpc) is 2.14. The van der Waals surface area contributed by atoms with Crippen LogP contribution in [0.15, 0.2) is 12.1 Å². The molecule has 0 saturated heterocycles. The van der Waals surface area contributed by atoms with Crippen molar-refractivity contribution in [3.05, 3.63) is 26.8 Å². The van der Waals surface area contributed by atoms with Crippen molar-refractivity contribution in [2.75, 3.05) is 7.11 Å². The Hall–Kier alpha value is -0.790. The van der Waals surface area contributed by atoms with Crippen LogP contribution in [-0.4, -0.2) is 12.9 Å². The van der Waals surface area contributed by atoms with Crippen LogP contribution in [0, 0.1) is 3.57 Å². The fraction of sp³-hybridized carbons (Fsp3) is 0.300. The van der Waals surface area contributed by atoms with Crippen molar-refractivity contribution in [1.82, 2.24) is 0 Å². The highest BCUT2D eigenvalue weighted by atomic mass is 127. The van der Waals surface area contributed by atoms with Crippen LogP contribution in [-0.2, 0) is 6.18 Å². The van der Waals surface area contributed by atoms with E-state index in [0.717, 1.165) is 6.07 Å². The third-order valence-corrected chi connectivity index (χ3v) is 2.87. The second-order valence-corrected chi connectivity index (χ2v) is 4.25. The van der Waals surface area contributed by atoms with Crippen LogP contribution < -0.4 is 4.74 Å². The van der Waals surface area contributed by atoms with E-state index in [1.165, 1.54) is 20.1 Å². The summed E-state index contributed by atoms with van der Waals surface area (Å²) < 4.78 is 42.6. The molecular formula is C10H8F3IO2. The van der Waals surface area contributed by atoms with Gasteiger partial charge < -0.3 is 4.74 Å². The first-order valence-electron chi connectivity index (χ1n) is 4.23. The molecule has 0 bridgehead atoms. The molecule has 2 nitrogen and oxygen atoms in total. The van der Waals surface area contributed by atoms with Crippen LogP contribution in [0.1, 0.15) is 22.8 Å². The summed E-state index contributed by atoms with van der Waals surface area (Å²) in [4.78, 5) is 11.2.